The van der Waals surface area contributed by atoms with Crippen molar-refractivity contribution in [1.82, 2.24) is 5.32 Å². The van der Waals surface area contributed by atoms with E-state index in [0.717, 1.165) is 29.2 Å². The van der Waals surface area contributed by atoms with E-state index < -0.39 is 0 Å². The van der Waals surface area contributed by atoms with Gasteiger partial charge in [0.1, 0.15) is 12.2 Å². The number of hydrogen-bond acceptors (Lipinski definition) is 4. The highest BCUT2D eigenvalue weighted by Crippen LogP contribution is 2.41. The Morgan fingerprint density at radius 1 is 1.18 bits per heavy atom. The van der Waals surface area contributed by atoms with Crippen molar-refractivity contribution in [3.8, 4) is 23.3 Å². The molecule has 0 aliphatic carbocycles. The van der Waals surface area contributed by atoms with Crippen molar-refractivity contribution in [3.63, 3.8) is 0 Å². The van der Waals surface area contributed by atoms with Gasteiger partial charge in [-0.1, -0.05) is 54.3 Å². The first-order valence-corrected chi connectivity index (χ1v) is 10.5. The van der Waals surface area contributed by atoms with Gasteiger partial charge >= 0.3 is 0 Å². The molecule has 1 aliphatic rings. The molecule has 3 rings (SSSR count). The van der Waals surface area contributed by atoms with Crippen LogP contribution < -0.4 is 14.8 Å². The number of fused-ring (bicyclic) bond motifs is 1. The monoisotopic (exact) mass is 395 g/mol. The minimum atomic E-state index is -0.198. The van der Waals surface area contributed by atoms with E-state index in [4.69, 9.17) is 9.47 Å². The van der Waals surface area contributed by atoms with Gasteiger partial charge in [0.15, 0.2) is 11.5 Å². The van der Waals surface area contributed by atoms with E-state index in [1.807, 2.05) is 30.3 Å². The summed E-state index contributed by atoms with van der Waals surface area (Å²) in [4.78, 5) is 11.8. The fraction of sp³-hybridized carbons (Fsp3) is 0.348. The van der Waals surface area contributed by atoms with Crippen LogP contribution >= 0.6 is 11.8 Å². The lowest BCUT2D eigenvalue weighted by Crippen LogP contribution is -2.25. The highest BCUT2D eigenvalue weighted by Gasteiger charge is 2.32. The highest BCUT2D eigenvalue weighted by molar-refractivity contribution is 7.99. The zero-order valence-corrected chi connectivity index (χ0v) is 17.1. The van der Waals surface area contributed by atoms with Gasteiger partial charge in [-0.2, -0.15) is 0 Å². The number of carbonyl (C=O) groups excluding carboxylic acids is 1. The summed E-state index contributed by atoms with van der Waals surface area (Å²) in [5.41, 5.74) is 2.18. The minimum Gasteiger partial charge on any atom is -0.483 e. The van der Waals surface area contributed by atoms with E-state index in [-0.39, 0.29) is 18.1 Å². The molecule has 0 bridgehead atoms. The molecule has 146 valence electrons. The lowest BCUT2D eigenvalue weighted by Gasteiger charge is -2.17. The van der Waals surface area contributed by atoms with E-state index in [2.05, 4.69) is 49.2 Å². The van der Waals surface area contributed by atoms with Gasteiger partial charge in [-0.25, -0.2) is 0 Å². The summed E-state index contributed by atoms with van der Waals surface area (Å²) in [6.07, 6.45) is 0.875. The summed E-state index contributed by atoms with van der Waals surface area (Å²) < 4.78 is 11.7. The molecule has 0 saturated heterocycles. The van der Waals surface area contributed by atoms with Crippen LogP contribution in [0, 0.1) is 11.8 Å². The van der Waals surface area contributed by atoms with Gasteiger partial charge in [0.25, 0.3) is 0 Å². The molecule has 0 unspecified atom stereocenters. The Balaban J connectivity index is 1.34. The van der Waals surface area contributed by atoms with Crippen molar-refractivity contribution >= 4 is 17.7 Å². The normalized spacial score (nSPS) is 13.6. The highest BCUT2D eigenvalue weighted by atomic mass is 32.2. The topological polar surface area (TPSA) is 47.6 Å². The molecule has 2 aromatic carbocycles. The molecule has 28 heavy (non-hydrogen) atoms. The van der Waals surface area contributed by atoms with Crippen LogP contribution in [-0.4, -0.2) is 30.4 Å². The molecule has 1 heterocycles. The lowest BCUT2D eigenvalue weighted by molar-refractivity contribution is -0.118. The van der Waals surface area contributed by atoms with Crippen LogP contribution in [0.1, 0.15) is 25.0 Å². The first-order valence-electron chi connectivity index (χ1n) is 9.31. The predicted octanol–water partition coefficient (Wildman–Crippen LogP) is 3.83. The third-order valence-corrected chi connectivity index (χ3v) is 5.20. The van der Waals surface area contributed by atoms with Crippen molar-refractivity contribution in [2.45, 2.75) is 31.6 Å². The Kier molecular flexibility index (Phi) is 6.89. The second-order valence-electron chi connectivity index (χ2n) is 7.18. The van der Waals surface area contributed by atoms with Crippen LogP contribution in [0.5, 0.6) is 11.5 Å². The Morgan fingerprint density at radius 3 is 2.82 bits per heavy atom. The second-order valence-corrected chi connectivity index (χ2v) is 8.17. The number of hydrogen-bond donors (Lipinski definition) is 1. The Labute approximate surface area is 171 Å². The largest absolute Gasteiger partial charge is 0.483 e. The number of ether oxygens (including phenoxy) is 2. The molecule has 1 aliphatic heterocycles. The summed E-state index contributed by atoms with van der Waals surface area (Å²) in [7, 11) is 0. The van der Waals surface area contributed by atoms with Gasteiger partial charge in [0.2, 0.25) is 5.91 Å². The zero-order valence-electron chi connectivity index (χ0n) is 16.3. The van der Waals surface area contributed by atoms with Crippen LogP contribution in [0.4, 0.5) is 0 Å². The number of thioether (sulfide) groups is 1. The average Bonchev–Trinajstić information content (AvgIpc) is 3.00. The van der Waals surface area contributed by atoms with E-state index >= 15 is 0 Å². The Bertz CT molecular complexity index is 868. The van der Waals surface area contributed by atoms with Gasteiger partial charge < -0.3 is 14.8 Å². The molecule has 0 aromatic heterocycles. The summed E-state index contributed by atoms with van der Waals surface area (Å²) in [6, 6.07) is 16.0. The molecule has 0 spiro atoms. The number of para-hydroxylation sites is 1. The third kappa shape index (κ3) is 5.97. The van der Waals surface area contributed by atoms with Crippen molar-refractivity contribution < 1.29 is 14.3 Å². The van der Waals surface area contributed by atoms with Gasteiger partial charge in [-0.05, 0) is 25.5 Å². The first-order chi connectivity index (χ1) is 13.5. The number of nitrogens with one attached hydrogen (secondary N) is 1. The van der Waals surface area contributed by atoms with Crippen LogP contribution in [0.2, 0.25) is 0 Å². The van der Waals surface area contributed by atoms with E-state index in [1.165, 1.54) is 5.56 Å². The fourth-order valence-corrected chi connectivity index (χ4v) is 3.78. The van der Waals surface area contributed by atoms with Crippen molar-refractivity contribution in [3.05, 3.63) is 59.7 Å². The maximum absolute atomic E-state index is 11.8. The van der Waals surface area contributed by atoms with Crippen molar-refractivity contribution in [2.24, 2.45) is 0 Å². The molecular formula is C23H25NO3S. The first kappa shape index (κ1) is 20.2. The third-order valence-electron chi connectivity index (χ3n) is 4.20. The summed E-state index contributed by atoms with van der Waals surface area (Å²) in [5, 5.41) is 2.81. The Hall–Kier alpha value is -2.58. The van der Waals surface area contributed by atoms with E-state index in [1.54, 1.807) is 11.8 Å². The van der Waals surface area contributed by atoms with Crippen molar-refractivity contribution in [1.29, 1.82) is 0 Å². The molecule has 1 amide bonds. The predicted molar refractivity (Wildman–Crippen MR) is 114 cm³/mol. The molecule has 1 N–H and O–H groups in total. The molecule has 5 heteroatoms. The van der Waals surface area contributed by atoms with Crippen molar-refractivity contribution in [2.75, 3.05) is 18.9 Å². The number of benzene rings is 2. The van der Waals surface area contributed by atoms with Gasteiger partial charge in [0, 0.05) is 17.7 Å². The van der Waals surface area contributed by atoms with Crippen LogP contribution in [0.15, 0.2) is 48.5 Å². The van der Waals surface area contributed by atoms with Gasteiger partial charge in [-0.3, -0.25) is 4.79 Å². The Morgan fingerprint density at radius 2 is 2.00 bits per heavy atom. The maximum atomic E-state index is 11.8. The average molecular weight is 396 g/mol. The number of rotatable bonds is 7. The number of carbonyl (C=O) groups is 1. The van der Waals surface area contributed by atoms with Crippen LogP contribution in [0.3, 0.4) is 0 Å². The lowest BCUT2D eigenvalue weighted by atomic mass is 10.0. The summed E-state index contributed by atoms with van der Waals surface area (Å²) in [5.74, 6) is 8.64. The van der Waals surface area contributed by atoms with E-state index in [9.17, 15) is 4.79 Å². The van der Waals surface area contributed by atoms with Crippen LogP contribution in [-0.2, 0) is 17.0 Å². The fourth-order valence-electron chi connectivity index (χ4n) is 2.96. The molecule has 0 radical (unpaired) electrons. The molecule has 4 nitrogen and oxygen atoms in total. The second kappa shape index (κ2) is 9.57. The maximum Gasteiger partial charge on any atom is 0.230 e. The van der Waals surface area contributed by atoms with Gasteiger partial charge in [-0.15, -0.1) is 11.8 Å². The molecule has 0 atom stereocenters. The quantitative estimate of drug-likeness (QED) is 0.724. The minimum absolute atomic E-state index is 0.00680. The zero-order chi connectivity index (χ0) is 19.8. The molecule has 2 aromatic rings. The SMILES string of the molecule is CC1(C)Cc2cccc(OCC#CCNC(=O)CSCc3ccccc3)c2O1. The molecule has 0 saturated carbocycles. The van der Waals surface area contributed by atoms with Gasteiger partial charge in [0.05, 0.1) is 12.3 Å². The van der Waals surface area contributed by atoms with Crippen LogP contribution in [0.25, 0.3) is 0 Å². The smallest absolute Gasteiger partial charge is 0.230 e. The molecular weight excluding hydrogens is 370 g/mol. The van der Waals surface area contributed by atoms with E-state index in [0.29, 0.717) is 12.3 Å². The number of amides is 1. The molecule has 0 fully saturated rings. The summed E-state index contributed by atoms with van der Waals surface area (Å²) >= 11 is 1.59. The standard InChI is InChI=1S/C23H25NO3S/c1-23(2)15-19-11-8-12-20(22(19)27-23)26-14-7-6-13-24-21(25)17-28-16-18-9-4-3-5-10-18/h3-5,8-12H,13-17H2,1-2H3,(H,24,25). The summed E-state index contributed by atoms with van der Waals surface area (Å²) in [6.45, 7) is 4.72.